The first-order valence-corrected chi connectivity index (χ1v) is 9.94. The highest BCUT2D eigenvalue weighted by molar-refractivity contribution is 5.99. The molecule has 0 radical (unpaired) electrons. The minimum atomic E-state index is -0.394. The second kappa shape index (κ2) is 6.93. The molecule has 1 aliphatic rings. The highest BCUT2D eigenvalue weighted by Crippen LogP contribution is 2.38. The van der Waals surface area contributed by atoms with Gasteiger partial charge in [0.25, 0.3) is 5.91 Å². The molecule has 0 saturated heterocycles. The lowest BCUT2D eigenvalue weighted by Crippen LogP contribution is -2.30. The van der Waals surface area contributed by atoms with E-state index in [1.165, 1.54) is 5.56 Å². The van der Waals surface area contributed by atoms with E-state index in [1.807, 2.05) is 45.0 Å². The predicted molar refractivity (Wildman–Crippen MR) is 111 cm³/mol. The summed E-state index contributed by atoms with van der Waals surface area (Å²) in [5, 5.41) is 0.575. The van der Waals surface area contributed by atoms with Crippen molar-refractivity contribution in [3.8, 4) is 0 Å². The Bertz CT molecular complexity index is 1130. The van der Waals surface area contributed by atoms with Crippen LogP contribution in [0.4, 0.5) is 0 Å². The Morgan fingerprint density at radius 2 is 1.75 bits per heavy atom. The summed E-state index contributed by atoms with van der Waals surface area (Å²) in [5.41, 5.74) is 4.95. The first kappa shape index (κ1) is 18.5. The molecule has 0 saturated carbocycles. The van der Waals surface area contributed by atoms with E-state index in [0.29, 0.717) is 23.1 Å². The Hall–Kier alpha value is -2.88. The molecule has 1 unspecified atom stereocenters. The van der Waals surface area contributed by atoms with Crippen molar-refractivity contribution in [2.24, 2.45) is 0 Å². The molecule has 4 heteroatoms. The van der Waals surface area contributed by atoms with E-state index < -0.39 is 6.04 Å². The summed E-state index contributed by atoms with van der Waals surface area (Å²) in [7, 11) is 0. The van der Waals surface area contributed by atoms with Gasteiger partial charge in [-0.15, -0.1) is 0 Å². The molecule has 2 aromatic carbocycles. The van der Waals surface area contributed by atoms with Crippen LogP contribution in [0.15, 0.2) is 45.6 Å². The molecule has 1 atom stereocenters. The van der Waals surface area contributed by atoms with Crippen molar-refractivity contribution in [1.29, 1.82) is 0 Å². The summed E-state index contributed by atoms with van der Waals surface area (Å²) >= 11 is 0. The maximum atomic E-state index is 13.5. The van der Waals surface area contributed by atoms with Gasteiger partial charge in [-0.3, -0.25) is 9.59 Å². The molecule has 0 spiro atoms. The monoisotopic (exact) mass is 375 g/mol. The Labute approximate surface area is 164 Å². The smallest absolute Gasteiger partial charge is 0.290 e. The molecule has 0 N–H and O–H groups in total. The van der Waals surface area contributed by atoms with Gasteiger partial charge in [-0.1, -0.05) is 44.2 Å². The molecule has 1 aliphatic heterocycles. The average Bonchev–Trinajstić information content (AvgIpc) is 2.94. The second-order valence-corrected chi connectivity index (χ2v) is 7.63. The van der Waals surface area contributed by atoms with Crippen LogP contribution in [0.2, 0.25) is 0 Å². The van der Waals surface area contributed by atoms with Crippen molar-refractivity contribution in [2.45, 2.75) is 46.6 Å². The van der Waals surface area contributed by atoms with Gasteiger partial charge >= 0.3 is 0 Å². The molecular weight excluding hydrogens is 350 g/mol. The van der Waals surface area contributed by atoms with E-state index in [2.05, 4.69) is 19.1 Å². The molecule has 2 heterocycles. The van der Waals surface area contributed by atoms with Crippen LogP contribution in [-0.2, 0) is 6.42 Å². The van der Waals surface area contributed by atoms with Crippen molar-refractivity contribution >= 4 is 16.9 Å². The molecule has 4 rings (SSSR count). The first-order chi connectivity index (χ1) is 13.5. The van der Waals surface area contributed by atoms with Crippen molar-refractivity contribution in [2.75, 3.05) is 6.54 Å². The van der Waals surface area contributed by atoms with E-state index in [4.69, 9.17) is 4.42 Å². The lowest BCUT2D eigenvalue weighted by Gasteiger charge is -2.24. The van der Waals surface area contributed by atoms with Crippen LogP contribution >= 0.6 is 0 Å². The van der Waals surface area contributed by atoms with Crippen LogP contribution in [0.5, 0.6) is 0 Å². The minimum absolute atomic E-state index is 0.0923. The van der Waals surface area contributed by atoms with Gasteiger partial charge in [0.1, 0.15) is 5.58 Å². The zero-order chi connectivity index (χ0) is 20.0. The van der Waals surface area contributed by atoms with Gasteiger partial charge in [-0.25, -0.2) is 0 Å². The predicted octanol–water partition coefficient (Wildman–Crippen LogP) is 4.93. The minimum Gasteiger partial charge on any atom is -0.450 e. The number of hydrogen-bond donors (Lipinski definition) is 0. The van der Waals surface area contributed by atoms with Crippen molar-refractivity contribution in [3.63, 3.8) is 0 Å². The zero-order valence-electron chi connectivity index (χ0n) is 16.8. The lowest BCUT2D eigenvalue weighted by atomic mass is 9.96. The SMILES string of the molecule is CCCN1C(=O)c2oc3cc(C)cc(C)c3c(=O)c2C1c1ccc(CC)cc1. The van der Waals surface area contributed by atoms with E-state index in [9.17, 15) is 9.59 Å². The van der Waals surface area contributed by atoms with Crippen LogP contribution in [0.3, 0.4) is 0 Å². The van der Waals surface area contributed by atoms with Crippen LogP contribution in [0.1, 0.15) is 64.7 Å². The number of amides is 1. The van der Waals surface area contributed by atoms with Gasteiger partial charge in [0.15, 0.2) is 5.43 Å². The number of carbonyl (C=O) groups is 1. The third kappa shape index (κ3) is 2.75. The summed E-state index contributed by atoms with van der Waals surface area (Å²) in [6.07, 6.45) is 1.76. The summed E-state index contributed by atoms with van der Waals surface area (Å²) in [5.74, 6) is 0.0000882. The van der Waals surface area contributed by atoms with Crippen LogP contribution in [0, 0.1) is 13.8 Å². The maximum Gasteiger partial charge on any atom is 0.290 e. The maximum absolute atomic E-state index is 13.5. The quantitative estimate of drug-likeness (QED) is 0.650. The van der Waals surface area contributed by atoms with E-state index in [0.717, 1.165) is 29.5 Å². The number of aryl methyl sites for hydroxylation is 3. The number of hydrogen-bond acceptors (Lipinski definition) is 3. The summed E-state index contributed by atoms with van der Waals surface area (Å²) in [4.78, 5) is 28.4. The number of rotatable bonds is 4. The normalized spacial score (nSPS) is 16.1. The van der Waals surface area contributed by atoms with Crippen LogP contribution in [-0.4, -0.2) is 17.4 Å². The highest BCUT2D eigenvalue weighted by atomic mass is 16.3. The Morgan fingerprint density at radius 3 is 2.39 bits per heavy atom. The second-order valence-electron chi connectivity index (χ2n) is 7.63. The molecular formula is C24H25NO3. The largest absolute Gasteiger partial charge is 0.450 e. The van der Waals surface area contributed by atoms with Gasteiger partial charge in [-0.2, -0.15) is 0 Å². The first-order valence-electron chi connectivity index (χ1n) is 9.94. The van der Waals surface area contributed by atoms with E-state index in [-0.39, 0.29) is 17.1 Å². The fourth-order valence-electron chi connectivity index (χ4n) is 4.27. The van der Waals surface area contributed by atoms with E-state index in [1.54, 1.807) is 4.90 Å². The zero-order valence-corrected chi connectivity index (χ0v) is 16.8. The number of benzene rings is 2. The summed E-state index contributed by atoms with van der Waals surface area (Å²) < 4.78 is 6.04. The average molecular weight is 375 g/mol. The molecule has 3 aromatic rings. The molecule has 0 bridgehead atoms. The van der Waals surface area contributed by atoms with Crippen LogP contribution < -0.4 is 5.43 Å². The van der Waals surface area contributed by atoms with Gasteiger partial charge < -0.3 is 9.32 Å². The summed E-state index contributed by atoms with van der Waals surface area (Å²) in [6.45, 7) is 8.61. The van der Waals surface area contributed by atoms with Gasteiger partial charge in [0.05, 0.1) is 17.0 Å². The highest BCUT2D eigenvalue weighted by Gasteiger charge is 2.42. The van der Waals surface area contributed by atoms with Crippen LogP contribution in [0.25, 0.3) is 11.0 Å². The Morgan fingerprint density at radius 1 is 1.04 bits per heavy atom. The van der Waals surface area contributed by atoms with Crippen molar-refractivity contribution in [1.82, 2.24) is 4.90 Å². The van der Waals surface area contributed by atoms with Gasteiger partial charge in [-0.05, 0) is 55.0 Å². The number of nitrogens with zero attached hydrogens (tertiary/aromatic N) is 1. The Balaban J connectivity index is 2.00. The Kier molecular flexibility index (Phi) is 4.58. The summed E-state index contributed by atoms with van der Waals surface area (Å²) in [6, 6.07) is 11.6. The van der Waals surface area contributed by atoms with Gasteiger partial charge in [0, 0.05) is 6.54 Å². The fraction of sp³-hybridized carbons (Fsp3) is 0.333. The molecule has 144 valence electrons. The molecule has 1 amide bonds. The standard InChI is InChI=1S/C24H25NO3/c1-5-11-25-21(17-9-7-16(6-2)8-10-17)20-22(26)19-15(4)12-14(3)13-18(19)28-23(20)24(25)27/h7-10,12-13,21H,5-6,11H2,1-4H3. The molecule has 4 nitrogen and oxygen atoms in total. The molecule has 0 aliphatic carbocycles. The topological polar surface area (TPSA) is 50.5 Å². The lowest BCUT2D eigenvalue weighted by molar-refractivity contribution is 0.0728. The third-order valence-corrected chi connectivity index (χ3v) is 5.58. The third-order valence-electron chi connectivity index (χ3n) is 5.58. The van der Waals surface area contributed by atoms with E-state index >= 15 is 0 Å². The number of fused-ring (bicyclic) bond motifs is 2. The van der Waals surface area contributed by atoms with Gasteiger partial charge in [0.2, 0.25) is 5.76 Å². The molecule has 28 heavy (non-hydrogen) atoms. The number of carbonyl (C=O) groups excluding carboxylic acids is 1. The van der Waals surface area contributed by atoms with Crippen molar-refractivity contribution in [3.05, 3.63) is 80.2 Å². The molecule has 1 aromatic heterocycles. The van der Waals surface area contributed by atoms with Crippen molar-refractivity contribution < 1.29 is 9.21 Å². The fourth-order valence-corrected chi connectivity index (χ4v) is 4.27. The molecule has 0 fully saturated rings.